The van der Waals surface area contributed by atoms with E-state index in [2.05, 4.69) is 6.07 Å². The van der Waals surface area contributed by atoms with Gasteiger partial charge in [-0.15, -0.1) is 0 Å². The summed E-state index contributed by atoms with van der Waals surface area (Å²) in [5, 5.41) is 9.17. The van der Waals surface area contributed by atoms with Crippen LogP contribution in [-0.2, 0) is 0 Å². The maximum absolute atomic E-state index is 11.3. The Labute approximate surface area is 105 Å². The van der Waals surface area contributed by atoms with Crippen molar-refractivity contribution in [1.29, 1.82) is 5.26 Å². The average molecular weight is 236 g/mol. The van der Waals surface area contributed by atoms with Crippen LogP contribution in [0.1, 0.15) is 21.5 Å². The van der Waals surface area contributed by atoms with Crippen LogP contribution < -0.4 is 5.73 Å². The van der Waals surface area contributed by atoms with Crippen molar-refractivity contribution < 1.29 is 4.79 Å². The lowest BCUT2D eigenvalue weighted by atomic mass is 9.92. The molecule has 0 saturated heterocycles. The lowest BCUT2D eigenvalue weighted by Gasteiger charge is -2.11. The lowest BCUT2D eigenvalue weighted by molar-refractivity contribution is 0.1000. The molecule has 0 aliphatic carbocycles. The molecule has 0 atom stereocenters. The van der Waals surface area contributed by atoms with Crippen LogP contribution in [0, 0.1) is 18.3 Å². The monoisotopic (exact) mass is 236 g/mol. The molecule has 88 valence electrons. The Morgan fingerprint density at radius 2 is 1.83 bits per heavy atom. The minimum atomic E-state index is -0.478. The molecule has 0 bridgehead atoms. The van der Waals surface area contributed by atoms with E-state index in [1.165, 1.54) is 0 Å². The average Bonchev–Trinajstić information content (AvgIpc) is 2.38. The van der Waals surface area contributed by atoms with Crippen molar-refractivity contribution in [1.82, 2.24) is 0 Å². The number of carbonyl (C=O) groups is 1. The van der Waals surface area contributed by atoms with Crippen LogP contribution in [0.3, 0.4) is 0 Å². The van der Waals surface area contributed by atoms with Crippen molar-refractivity contribution in [2.24, 2.45) is 5.73 Å². The largest absolute Gasteiger partial charge is 0.366 e. The third-order valence-electron chi connectivity index (χ3n) is 2.91. The van der Waals surface area contributed by atoms with Crippen molar-refractivity contribution in [3.05, 3.63) is 59.2 Å². The smallest absolute Gasteiger partial charge is 0.248 e. The van der Waals surface area contributed by atoms with E-state index < -0.39 is 5.91 Å². The Kier molecular flexibility index (Phi) is 3.11. The molecule has 2 rings (SSSR count). The summed E-state index contributed by atoms with van der Waals surface area (Å²) < 4.78 is 0. The lowest BCUT2D eigenvalue weighted by Crippen LogP contribution is -2.13. The van der Waals surface area contributed by atoms with Gasteiger partial charge >= 0.3 is 0 Å². The number of hydrogen-bond acceptors (Lipinski definition) is 2. The van der Waals surface area contributed by atoms with Crippen molar-refractivity contribution >= 4 is 5.91 Å². The molecule has 1 amide bonds. The number of benzene rings is 2. The van der Waals surface area contributed by atoms with Crippen LogP contribution in [0.4, 0.5) is 0 Å². The zero-order chi connectivity index (χ0) is 13.1. The summed E-state index contributed by atoms with van der Waals surface area (Å²) in [4.78, 5) is 11.3. The van der Waals surface area contributed by atoms with Gasteiger partial charge in [0.15, 0.2) is 0 Å². The molecule has 2 aromatic rings. The molecule has 0 unspecified atom stereocenters. The molecular weight excluding hydrogens is 224 g/mol. The quantitative estimate of drug-likeness (QED) is 0.870. The number of nitrogens with two attached hydrogens (primary N) is 1. The number of nitrogens with zero attached hydrogens (tertiary/aromatic N) is 1. The highest BCUT2D eigenvalue weighted by atomic mass is 16.1. The third kappa shape index (κ3) is 1.96. The Bertz CT molecular complexity index is 640. The summed E-state index contributed by atoms with van der Waals surface area (Å²) in [6.45, 7) is 1.81. The van der Waals surface area contributed by atoms with Gasteiger partial charge in [-0.3, -0.25) is 4.79 Å². The summed E-state index contributed by atoms with van der Waals surface area (Å²) >= 11 is 0. The van der Waals surface area contributed by atoms with Gasteiger partial charge in [0, 0.05) is 11.1 Å². The van der Waals surface area contributed by atoms with E-state index in [1.54, 1.807) is 12.1 Å². The molecule has 3 nitrogen and oxygen atoms in total. The second-order valence-electron chi connectivity index (χ2n) is 4.00. The van der Waals surface area contributed by atoms with Gasteiger partial charge in [-0.05, 0) is 30.2 Å². The van der Waals surface area contributed by atoms with Crippen LogP contribution in [0.25, 0.3) is 11.1 Å². The highest BCUT2D eigenvalue weighted by Crippen LogP contribution is 2.29. The summed E-state index contributed by atoms with van der Waals surface area (Å²) in [6.07, 6.45) is 0. The zero-order valence-electron chi connectivity index (χ0n) is 9.97. The van der Waals surface area contributed by atoms with Crippen molar-refractivity contribution in [3.8, 4) is 17.2 Å². The van der Waals surface area contributed by atoms with Crippen LogP contribution in [-0.4, -0.2) is 5.91 Å². The molecule has 0 aliphatic rings. The van der Waals surface area contributed by atoms with Gasteiger partial charge in [-0.25, -0.2) is 0 Å². The van der Waals surface area contributed by atoms with E-state index >= 15 is 0 Å². The van der Waals surface area contributed by atoms with Crippen molar-refractivity contribution in [2.45, 2.75) is 6.92 Å². The van der Waals surface area contributed by atoms with Crippen LogP contribution in [0.5, 0.6) is 0 Å². The Balaban J connectivity index is 2.76. The second-order valence-corrected chi connectivity index (χ2v) is 4.00. The van der Waals surface area contributed by atoms with Crippen LogP contribution >= 0.6 is 0 Å². The molecule has 18 heavy (non-hydrogen) atoms. The van der Waals surface area contributed by atoms with Crippen LogP contribution in [0.15, 0.2) is 42.5 Å². The predicted molar refractivity (Wildman–Crippen MR) is 69.8 cm³/mol. The van der Waals surface area contributed by atoms with E-state index in [-0.39, 0.29) is 0 Å². The van der Waals surface area contributed by atoms with Gasteiger partial charge in [0.25, 0.3) is 0 Å². The first kappa shape index (κ1) is 11.9. The highest BCUT2D eigenvalue weighted by molar-refractivity contribution is 5.97. The standard InChI is InChI=1S/C15H12N2O/c1-10-13(15(17)18)8-7-12(9-16)14(10)11-5-3-2-4-6-11/h2-8H,1H3,(H2,17,18). The van der Waals surface area contributed by atoms with Gasteiger partial charge in [0.05, 0.1) is 11.6 Å². The summed E-state index contributed by atoms with van der Waals surface area (Å²) in [5.74, 6) is -0.478. The van der Waals surface area contributed by atoms with Gasteiger partial charge < -0.3 is 5.73 Å². The molecule has 0 radical (unpaired) electrons. The normalized spacial score (nSPS) is 9.78. The fraction of sp³-hybridized carbons (Fsp3) is 0.0667. The number of hydrogen-bond donors (Lipinski definition) is 1. The molecule has 0 spiro atoms. The highest BCUT2D eigenvalue weighted by Gasteiger charge is 2.14. The molecule has 3 heteroatoms. The number of nitriles is 1. The number of rotatable bonds is 2. The first-order chi connectivity index (χ1) is 8.65. The van der Waals surface area contributed by atoms with E-state index in [9.17, 15) is 4.79 Å². The molecular formula is C15H12N2O. The first-order valence-electron chi connectivity index (χ1n) is 5.54. The van der Waals surface area contributed by atoms with E-state index in [4.69, 9.17) is 11.0 Å². The van der Waals surface area contributed by atoms with Crippen molar-refractivity contribution in [3.63, 3.8) is 0 Å². The molecule has 0 saturated carbocycles. The molecule has 2 aromatic carbocycles. The van der Waals surface area contributed by atoms with Crippen molar-refractivity contribution in [2.75, 3.05) is 0 Å². The maximum atomic E-state index is 11.3. The zero-order valence-corrected chi connectivity index (χ0v) is 9.97. The minimum Gasteiger partial charge on any atom is -0.366 e. The Morgan fingerprint density at radius 1 is 1.17 bits per heavy atom. The van der Waals surface area contributed by atoms with Gasteiger partial charge in [0.2, 0.25) is 5.91 Å². The van der Waals surface area contributed by atoms with E-state index in [0.717, 1.165) is 16.7 Å². The Hall–Kier alpha value is -2.60. The summed E-state index contributed by atoms with van der Waals surface area (Å²) in [6, 6.07) is 14.9. The summed E-state index contributed by atoms with van der Waals surface area (Å²) in [5.41, 5.74) is 8.76. The molecule has 2 N–H and O–H groups in total. The minimum absolute atomic E-state index is 0.452. The fourth-order valence-electron chi connectivity index (χ4n) is 2.05. The number of carbonyl (C=O) groups excluding carboxylic acids is 1. The van der Waals surface area contributed by atoms with Gasteiger partial charge in [0.1, 0.15) is 0 Å². The number of primary amides is 1. The predicted octanol–water partition coefficient (Wildman–Crippen LogP) is 2.63. The SMILES string of the molecule is Cc1c(C(N)=O)ccc(C#N)c1-c1ccccc1. The van der Waals surface area contributed by atoms with E-state index in [1.807, 2.05) is 37.3 Å². The van der Waals surface area contributed by atoms with Gasteiger partial charge in [-0.1, -0.05) is 30.3 Å². The molecule has 0 aromatic heterocycles. The molecule has 0 heterocycles. The van der Waals surface area contributed by atoms with E-state index in [0.29, 0.717) is 11.1 Å². The van der Waals surface area contributed by atoms with Crippen LogP contribution in [0.2, 0.25) is 0 Å². The maximum Gasteiger partial charge on any atom is 0.248 e. The molecule has 0 fully saturated rings. The fourth-order valence-corrected chi connectivity index (χ4v) is 2.05. The second kappa shape index (κ2) is 4.72. The summed E-state index contributed by atoms with van der Waals surface area (Å²) in [7, 11) is 0. The third-order valence-corrected chi connectivity index (χ3v) is 2.91. The molecule has 0 aliphatic heterocycles. The van der Waals surface area contributed by atoms with Gasteiger partial charge in [-0.2, -0.15) is 5.26 Å². The number of amides is 1. The first-order valence-corrected chi connectivity index (χ1v) is 5.54. The Morgan fingerprint density at radius 3 is 2.39 bits per heavy atom. The topological polar surface area (TPSA) is 66.9 Å².